The van der Waals surface area contributed by atoms with E-state index in [2.05, 4.69) is 10.6 Å². The minimum atomic E-state index is -0.461. The van der Waals surface area contributed by atoms with E-state index in [1.807, 2.05) is 0 Å². The molecule has 17 heavy (non-hydrogen) atoms. The van der Waals surface area contributed by atoms with Crippen LogP contribution in [0.4, 0.5) is 10.1 Å². The molecule has 0 aliphatic carbocycles. The van der Waals surface area contributed by atoms with Gasteiger partial charge in [-0.25, -0.2) is 4.39 Å². The van der Waals surface area contributed by atoms with Crippen molar-refractivity contribution in [1.82, 2.24) is 5.32 Å². The molecule has 1 saturated heterocycles. The van der Waals surface area contributed by atoms with Gasteiger partial charge in [0, 0.05) is 10.9 Å². The van der Waals surface area contributed by atoms with E-state index in [9.17, 15) is 9.18 Å². The Morgan fingerprint density at radius 2 is 2.12 bits per heavy atom. The third-order valence-electron chi connectivity index (χ3n) is 2.90. The molecule has 5 heteroatoms. The molecule has 92 valence electrons. The number of amides is 1. The molecule has 0 bridgehead atoms. The standard InChI is InChI=1S/C12H14ClFN2O/c13-9-1-2-10(14)11(7-9)16-12(17)8-3-5-15-6-4-8/h1-2,7-8,15H,3-6H2,(H,16,17). The molecule has 2 rings (SSSR count). The van der Waals surface area contributed by atoms with Crippen LogP contribution in [0.2, 0.25) is 5.02 Å². The van der Waals surface area contributed by atoms with Gasteiger partial charge in [0.05, 0.1) is 5.69 Å². The SMILES string of the molecule is O=C(Nc1cc(Cl)ccc1F)C1CCNCC1. The predicted molar refractivity (Wildman–Crippen MR) is 65.6 cm³/mol. The lowest BCUT2D eigenvalue weighted by molar-refractivity contribution is -0.120. The van der Waals surface area contributed by atoms with Crippen molar-refractivity contribution in [1.29, 1.82) is 0 Å². The third kappa shape index (κ3) is 3.17. The van der Waals surface area contributed by atoms with Gasteiger partial charge in [0.15, 0.2) is 0 Å². The molecule has 0 aromatic heterocycles. The van der Waals surface area contributed by atoms with Crippen molar-refractivity contribution in [3.8, 4) is 0 Å². The number of anilines is 1. The Hall–Kier alpha value is -1.13. The minimum Gasteiger partial charge on any atom is -0.323 e. The van der Waals surface area contributed by atoms with Crippen molar-refractivity contribution in [2.45, 2.75) is 12.8 Å². The van der Waals surface area contributed by atoms with E-state index in [-0.39, 0.29) is 17.5 Å². The smallest absolute Gasteiger partial charge is 0.227 e. The zero-order chi connectivity index (χ0) is 12.3. The highest BCUT2D eigenvalue weighted by molar-refractivity contribution is 6.30. The van der Waals surface area contributed by atoms with Gasteiger partial charge in [-0.3, -0.25) is 4.79 Å². The van der Waals surface area contributed by atoms with Crippen LogP contribution in [-0.2, 0) is 4.79 Å². The quantitative estimate of drug-likeness (QED) is 0.853. The monoisotopic (exact) mass is 256 g/mol. The summed E-state index contributed by atoms with van der Waals surface area (Å²) in [6.45, 7) is 1.66. The van der Waals surface area contributed by atoms with Crippen molar-refractivity contribution < 1.29 is 9.18 Å². The lowest BCUT2D eigenvalue weighted by atomic mass is 9.97. The Balaban J connectivity index is 2.04. The van der Waals surface area contributed by atoms with E-state index in [4.69, 9.17) is 11.6 Å². The molecule has 1 aliphatic heterocycles. The zero-order valence-electron chi connectivity index (χ0n) is 9.30. The van der Waals surface area contributed by atoms with Crippen molar-refractivity contribution in [3.63, 3.8) is 0 Å². The molecule has 0 radical (unpaired) electrons. The van der Waals surface area contributed by atoms with E-state index >= 15 is 0 Å². The summed E-state index contributed by atoms with van der Waals surface area (Å²) in [4.78, 5) is 11.9. The highest BCUT2D eigenvalue weighted by Crippen LogP contribution is 2.21. The average Bonchev–Trinajstić information content (AvgIpc) is 2.35. The van der Waals surface area contributed by atoms with Crippen LogP contribution >= 0.6 is 11.6 Å². The van der Waals surface area contributed by atoms with Gasteiger partial charge >= 0.3 is 0 Å². The Kier molecular flexibility index (Phi) is 3.97. The normalized spacial score (nSPS) is 16.8. The first-order chi connectivity index (χ1) is 8.16. The number of nitrogens with one attached hydrogen (secondary N) is 2. The average molecular weight is 257 g/mol. The number of benzene rings is 1. The molecule has 1 aromatic carbocycles. The van der Waals surface area contributed by atoms with E-state index in [0.717, 1.165) is 25.9 Å². The number of carbonyl (C=O) groups is 1. The fraction of sp³-hybridized carbons (Fsp3) is 0.417. The second-order valence-corrected chi connectivity index (χ2v) is 4.57. The van der Waals surface area contributed by atoms with Gasteiger partial charge in [0.25, 0.3) is 0 Å². The fourth-order valence-corrected chi connectivity index (χ4v) is 2.08. The summed E-state index contributed by atoms with van der Waals surface area (Å²) < 4.78 is 13.4. The topological polar surface area (TPSA) is 41.1 Å². The van der Waals surface area contributed by atoms with Gasteiger partial charge in [-0.15, -0.1) is 0 Å². The summed E-state index contributed by atoms with van der Waals surface area (Å²) in [7, 11) is 0. The van der Waals surface area contributed by atoms with Crippen LogP contribution in [0, 0.1) is 11.7 Å². The molecular weight excluding hydrogens is 243 g/mol. The van der Waals surface area contributed by atoms with E-state index in [1.54, 1.807) is 0 Å². The van der Waals surface area contributed by atoms with Crippen LogP contribution < -0.4 is 10.6 Å². The largest absolute Gasteiger partial charge is 0.323 e. The maximum Gasteiger partial charge on any atom is 0.227 e. The van der Waals surface area contributed by atoms with Crippen molar-refractivity contribution in [2.75, 3.05) is 18.4 Å². The number of rotatable bonds is 2. The molecule has 1 aromatic rings. The Morgan fingerprint density at radius 3 is 2.82 bits per heavy atom. The first-order valence-electron chi connectivity index (χ1n) is 5.63. The lowest BCUT2D eigenvalue weighted by Gasteiger charge is -2.21. The second kappa shape index (κ2) is 5.47. The number of piperidine rings is 1. The van der Waals surface area contributed by atoms with Gasteiger partial charge in [-0.1, -0.05) is 11.6 Å². The molecule has 0 atom stereocenters. The summed E-state index contributed by atoms with van der Waals surface area (Å²) in [5, 5.41) is 6.18. The number of hydrogen-bond donors (Lipinski definition) is 2. The van der Waals surface area contributed by atoms with Gasteiger partial charge in [0.1, 0.15) is 5.82 Å². The molecule has 2 N–H and O–H groups in total. The maximum atomic E-state index is 13.4. The summed E-state index contributed by atoms with van der Waals surface area (Å²) in [5.41, 5.74) is 0.154. The van der Waals surface area contributed by atoms with Crippen LogP contribution in [0.5, 0.6) is 0 Å². The van der Waals surface area contributed by atoms with Crippen molar-refractivity contribution in [2.24, 2.45) is 5.92 Å². The molecule has 1 fully saturated rings. The molecular formula is C12H14ClFN2O. The molecule has 0 saturated carbocycles. The van der Waals surface area contributed by atoms with E-state index in [1.165, 1.54) is 18.2 Å². The summed E-state index contributed by atoms with van der Waals surface area (Å²) >= 11 is 5.76. The molecule has 0 unspecified atom stereocenters. The van der Waals surface area contributed by atoms with Gasteiger partial charge in [-0.05, 0) is 44.1 Å². The Bertz CT molecular complexity index is 419. The number of carbonyl (C=O) groups excluding carboxylic acids is 1. The molecule has 3 nitrogen and oxygen atoms in total. The molecule has 0 spiro atoms. The first-order valence-corrected chi connectivity index (χ1v) is 6.01. The zero-order valence-corrected chi connectivity index (χ0v) is 10.1. The third-order valence-corrected chi connectivity index (χ3v) is 3.13. The fourth-order valence-electron chi connectivity index (χ4n) is 1.91. The Morgan fingerprint density at radius 1 is 1.41 bits per heavy atom. The maximum absolute atomic E-state index is 13.4. The van der Waals surface area contributed by atoms with Crippen LogP contribution in [0.25, 0.3) is 0 Å². The Labute approximate surface area is 104 Å². The predicted octanol–water partition coefficient (Wildman–Crippen LogP) is 2.42. The number of halogens is 2. The first kappa shape index (κ1) is 12.3. The summed E-state index contributed by atoms with van der Waals surface area (Å²) in [5.74, 6) is -0.640. The van der Waals surface area contributed by atoms with Crippen LogP contribution in [0.15, 0.2) is 18.2 Å². The van der Waals surface area contributed by atoms with Crippen molar-refractivity contribution in [3.05, 3.63) is 29.0 Å². The molecule has 1 amide bonds. The van der Waals surface area contributed by atoms with Crippen molar-refractivity contribution >= 4 is 23.2 Å². The van der Waals surface area contributed by atoms with Gasteiger partial charge < -0.3 is 10.6 Å². The van der Waals surface area contributed by atoms with Crippen LogP contribution in [-0.4, -0.2) is 19.0 Å². The van der Waals surface area contributed by atoms with E-state index < -0.39 is 5.82 Å². The molecule has 1 aliphatic rings. The van der Waals surface area contributed by atoms with Crippen LogP contribution in [0.3, 0.4) is 0 Å². The number of hydrogen-bond acceptors (Lipinski definition) is 2. The minimum absolute atomic E-state index is 0.0466. The van der Waals surface area contributed by atoms with E-state index in [0.29, 0.717) is 5.02 Å². The highest BCUT2D eigenvalue weighted by Gasteiger charge is 2.21. The second-order valence-electron chi connectivity index (χ2n) is 4.14. The summed E-state index contributed by atoms with van der Waals surface area (Å²) in [6.07, 6.45) is 1.57. The van der Waals surface area contributed by atoms with Gasteiger partial charge in [0.2, 0.25) is 5.91 Å². The summed E-state index contributed by atoms with van der Waals surface area (Å²) in [6, 6.07) is 4.13. The highest BCUT2D eigenvalue weighted by atomic mass is 35.5. The van der Waals surface area contributed by atoms with Crippen LogP contribution in [0.1, 0.15) is 12.8 Å². The molecule has 1 heterocycles. The van der Waals surface area contributed by atoms with Gasteiger partial charge in [-0.2, -0.15) is 0 Å². The lowest BCUT2D eigenvalue weighted by Crippen LogP contribution is -2.34.